The molecule has 0 spiro atoms. The molecule has 0 saturated heterocycles. The number of amides is 1. The Kier molecular flexibility index (Phi) is 3.87. The molecule has 6 heteroatoms. The Hall–Kier alpha value is -3.41. The van der Waals surface area contributed by atoms with Crippen LogP contribution in [0.5, 0.6) is 5.75 Å². The van der Waals surface area contributed by atoms with E-state index in [9.17, 15) is 14.7 Å². The van der Waals surface area contributed by atoms with E-state index in [1.807, 2.05) is 0 Å². The van der Waals surface area contributed by atoms with Gasteiger partial charge in [-0.05, 0) is 49.4 Å². The number of ketones is 1. The molecular weight excluding hydrogens is 308 g/mol. The highest BCUT2D eigenvalue weighted by molar-refractivity contribution is 5.96. The molecule has 3 rings (SSSR count). The smallest absolute Gasteiger partial charge is 0.254 e. The Morgan fingerprint density at radius 2 is 1.79 bits per heavy atom. The first kappa shape index (κ1) is 15.5. The van der Waals surface area contributed by atoms with Gasteiger partial charge in [0.1, 0.15) is 16.9 Å². The molecule has 1 heterocycles. The maximum Gasteiger partial charge on any atom is 0.254 e. The fourth-order valence-electron chi connectivity index (χ4n) is 2.25. The van der Waals surface area contributed by atoms with Crippen molar-refractivity contribution in [2.75, 3.05) is 0 Å². The number of rotatable bonds is 3. The zero-order valence-electron chi connectivity index (χ0n) is 12.8. The van der Waals surface area contributed by atoms with E-state index in [-0.39, 0.29) is 22.7 Å². The highest BCUT2D eigenvalue weighted by Gasteiger charge is 2.10. The van der Waals surface area contributed by atoms with Crippen LogP contribution in [0.3, 0.4) is 0 Å². The SMILES string of the molecule is CC(=O)c1ccc(N=c2oc3cc(O)ccc3cc2C(N)=O)cc1. The minimum atomic E-state index is -0.673. The molecule has 120 valence electrons. The summed E-state index contributed by atoms with van der Waals surface area (Å²) in [5.74, 6) is -0.687. The van der Waals surface area contributed by atoms with E-state index in [1.165, 1.54) is 19.1 Å². The number of carbonyl (C=O) groups excluding carboxylic acids is 2. The lowest BCUT2D eigenvalue weighted by Gasteiger charge is -2.03. The lowest BCUT2D eigenvalue weighted by molar-refractivity contribution is 0.0993. The van der Waals surface area contributed by atoms with Gasteiger partial charge in [-0.25, -0.2) is 4.99 Å². The van der Waals surface area contributed by atoms with Crippen molar-refractivity contribution in [3.63, 3.8) is 0 Å². The topological polar surface area (TPSA) is 106 Å². The van der Waals surface area contributed by atoms with E-state index in [4.69, 9.17) is 10.2 Å². The number of hydrogen-bond acceptors (Lipinski definition) is 5. The van der Waals surface area contributed by atoms with Crippen LogP contribution in [0.25, 0.3) is 11.0 Å². The van der Waals surface area contributed by atoms with Crippen LogP contribution < -0.4 is 11.3 Å². The predicted octanol–water partition coefficient (Wildman–Crippen LogP) is 2.67. The second-order valence-corrected chi connectivity index (χ2v) is 5.27. The number of nitrogens with two attached hydrogens (primary N) is 1. The van der Waals surface area contributed by atoms with E-state index in [0.717, 1.165) is 0 Å². The van der Waals surface area contributed by atoms with Gasteiger partial charge in [0, 0.05) is 17.0 Å². The predicted molar refractivity (Wildman–Crippen MR) is 88.1 cm³/mol. The van der Waals surface area contributed by atoms with Gasteiger partial charge in [0.15, 0.2) is 5.78 Å². The number of phenolic OH excluding ortho intramolecular Hbond substituents is 1. The lowest BCUT2D eigenvalue weighted by atomic mass is 10.1. The van der Waals surface area contributed by atoms with Crippen molar-refractivity contribution in [3.05, 3.63) is 65.2 Å². The highest BCUT2D eigenvalue weighted by Crippen LogP contribution is 2.20. The van der Waals surface area contributed by atoms with Gasteiger partial charge in [0.2, 0.25) is 5.55 Å². The van der Waals surface area contributed by atoms with E-state index in [1.54, 1.807) is 36.4 Å². The van der Waals surface area contributed by atoms with Gasteiger partial charge in [0.25, 0.3) is 5.91 Å². The summed E-state index contributed by atoms with van der Waals surface area (Å²) in [6, 6.07) is 12.6. The summed E-state index contributed by atoms with van der Waals surface area (Å²) in [4.78, 5) is 27.3. The van der Waals surface area contributed by atoms with Gasteiger partial charge in [-0.2, -0.15) is 0 Å². The normalized spacial score (nSPS) is 11.6. The van der Waals surface area contributed by atoms with Gasteiger partial charge >= 0.3 is 0 Å². The first-order chi connectivity index (χ1) is 11.4. The van der Waals surface area contributed by atoms with Crippen molar-refractivity contribution >= 4 is 28.3 Å². The van der Waals surface area contributed by atoms with Gasteiger partial charge in [-0.1, -0.05) is 0 Å². The number of benzene rings is 2. The van der Waals surface area contributed by atoms with Crippen molar-refractivity contribution in [2.45, 2.75) is 6.92 Å². The minimum Gasteiger partial charge on any atom is -0.508 e. The minimum absolute atomic E-state index is 0.0369. The van der Waals surface area contributed by atoms with Gasteiger partial charge in [-0.3, -0.25) is 9.59 Å². The molecule has 0 bridgehead atoms. The average molecular weight is 322 g/mol. The zero-order chi connectivity index (χ0) is 17.3. The van der Waals surface area contributed by atoms with Crippen LogP contribution in [0.1, 0.15) is 27.6 Å². The average Bonchev–Trinajstić information content (AvgIpc) is 2.54. The number of carbonyl (C=O) groups is 2. The molecule has 1 aromatic heterocycles. The molecule has 0 atom stereocenters. The summed E-state index contributed by atoms with van der Waals surface area (Å²) in [5.41, 5.74) is 7.01. The van der Waals surface area contributed by atoms with Crippen molar-refractivity contribution in [2.24, 2.45) is 10.7 Å². The molecule has 3 aromatic rings. The molecule has 2 aromatic carbocycles. The molecule has 0 radical (unpaired) electrons. The number of phenols is 1. The number of nitrogens with zero attached hydrogens (tertiary/aromatic N) is 1. The van der Waals surface area contributed by atoms with Crippen LogP contribution >= 0.6 is 0 Å². The quantitative estimate of drug-likeness (QED) is 0.723. The van der Waals surface area contributed by atoms with Gasteiger partial charge in [-0.15, -0.1) is 0 Å². The Labute approximate surface area is 136 Å². The summed E-state index contributed by atoms with van der Waals surface area (Å²) < 4.78 is 5.62. The summed E-state index contributed by atoms with van der Waals surface area (Å²) in [7, 11) is 0. The van der Waals surface area contributed by atoms with Crippen molar-refractivity contribution in [1.29, 1.82) is 0 Å². The fraction of sp³-hybridized carbons (Fsp3) is 0.0556. The van der Waals surface area contributed by atoms with E-state index in [0.29, 0.717) is 22.2 Å². The maximum absolute atomic E-state index is 11.7. The van der Waals surface area contributed by atoms with Crippen LogP contribution in [-0.2, 0) is 0 Å². The summed E-state index contributed by atoms with van der Waals surface area (Å²) in [6.07, 6.45) is 0. The Morgan fingerprint density at radius 1 is 1.08 bits per heavy atom. The molecule has 0 aliphatic carbocycles. The van der Waals surface area contributed by atoms with Crippen LogP contribution in [0.15, 0.2) is 57.9 Å². The molecule has 0 unspecified atom stereocenters. The summed E-state index contributed by atoms with van der Waals surface area (Å²) >= 11 is 0. The number of fused-ring (bicyclic) bond motifs is 1. The molecule has 0 fully saturated rings. The highest BCUT2D eigenvalue weighted by atomic mass is 16.3. The molecule has 0 saturated carbocycles. The number of primary amides is 1. The maximum atomic E-state index is 11.7. The molecule has 0 aliphatic rings. The molecule has 1 amide bonds. The third-order valence-electron chi connectivity index (χ3n) is 3.50. The van der Waals surface area contributed by atoms with Gasteiger partial charge in [0.05, 0.1) is 5.69 Å². The third-order valence-corrected chi connectivity index (χ3v) is 3.50. The van der Waals surface area contributed by atoms with E-state index >= 15 is 0 Å². The standard InChI is InChI=1S/C18H14N2O4/c1-10(21)11-2-5-13(6-3-11)20-18-15(17(19)23)8-12-4-7-14(22)9-16(12)24-18/h2-9,22H,1H3,(H2,19,23). The van der Waals surface area contributed by atoms with Crippen LogP contribution in [-0.4, -0.2) is 16.8 Å². The number of Topliss-reactive ketones (excluding diaryl/α,β-unsaturated/α-hetero) is 1. The molecule has 0 aliphatic heterocycles. The van der Waals surface area contributed by atoms with Crippen molar-refractivity contribution in [1.82, 2.24) is 0 Å². The zero-order valence-corrected chi connectivity index (χ0v) is 12.8. The molecule has 3 N–H and O–H groups in total. The van der Waals surface area contributed by atoms with Crippen molar-refractivity contribution < 1.29 is 19.1 Å². The van der Waals surface area contributed by atoms with Gasteiger partial charge < -0.3 is 15.3 Å². The monoisotopic (exact) mass is 322 g/mol. The second kappa shape index (κ2) is 6.00. The summed E-state index contributed by atoms with van der Waals surface area (Å²) in [5, 5.41) is 10.2. The molecule has 24 heavy (non-hydrogen) atoms. The molecule has 6 nitrogen and oxygen atoms in total. The second-order valence-electron chi connectivity index (χ2n) is 5.27. The largest absolute Gasteiger partial charge is 0.508 e. The Bertz CT molecular complexity index is 1020. The first-order valence-electron chi connectivity index (χ1n) is 7.16. The first-order valence-corrected chi connectivity index (χ1v) is 7.16. The number of hydrogen-bond donors (Lipinski definition) is 2. The van der Waals surface area contributed by atoms with Crippen LogP contribution in [0, 0.1) is 0 Å². The van der Waals surface area contributed by atoms with E-state index < -0.39 is 5.91 Å². The van der Waals surface area contributed by atoms with Crippen LogP contribution in [0.2, 0.25) is 0 Å². The molecular formula is C18H14N2O4. The fourth-order valence-corrected chi connectivity index (χ4v) is 2.25. The number of aromatic hydroxyl groups is 1. The lowest BCUT2D eigenvalue weighted by Crippen LogP contribution is -2.21. The van der Waals surface area contributed by atoms with Crippen LogP contribution in [0.4, 0.5) is 5.69 Å². The van der Waals surface area contributed by atoms with E-state index in [2.05, 4.69) is 4.99 Å². The Balaban J connectivity index is 2.20. The third kappa shape index (κ3) is 3.03. The summed E-state index contributed by atoms with van der Waals surface area (Å²) in [6.45, 7) is 1.47. The van der Waals surface area contributed by atoms with Crippen molar-refractivity contribution in [3.8, 4) is 5.75 Å². The Morgan fingerprint density at radius 3 is 2.42 bits per heavy atom.